The molecule has 2 amide bonds. The molecular formula is C21H24N2O5. The summed E-state index contributed by atoms with van der Waals surface area (Å²) in [7, 11) is 0. The minimum Gasteiger partial charge on any atom is -0.454 e. The van der Waals surface area contributed by atoms with Gasteiger partial charge in [0.25, 0.3) is 0 Å². The first kappa shape index (κ1) is 18.6. The van der Waals surface area contributed by atoms with Crippen LogP contribution in [0, 0.1) is 0 Å². The maximum Gasteiger partial charge on any atom is 0.318 e. The molecule has 2 atom stereocenters. The van der Waals surface area contributed by atoms with E-state index < -0.39 is 6.10 Å². The second-order valence-corrected chi connectivity index (χ2v) is 6.93. The summed E-state index contributed by atoms with van der Waals surface area (Å²) in [6.45, 7) is 2.03. The first-order valence-electron chi connectivity index (χ1n) is 9.44. The van der Waals surface area contributed by atoms with Gasteiger partial charge in [0.1, 0.15) is 0 Å². The summed E-state index contributed by atoms with van der Waals surface area (Å²) in [6, 6.07) is 14.8. The van der Waals surface area contributed by atoms with Crippen LogP contribution in [0.25, 0.3) is 0 Å². The number of carbonyl (C=O) groups excluding carboxylic acids is 1. The molecule has 148 valence electrons. The van der Waals surface area contributed by atoms with Gasteiger partial charge in [0.15, 0.2) is 11.5 Å². The number of aliphatic hydroxyl groups is 1. The van der Waals surface area contributed by atoms with Crippen molar-refractivity contribution in [2.45, 2.75) is 25.1 Å². The van der Waals surface area contributed by atoms with Crippen LogP contribution in [0.1, 0.15) is 23.7 Å². The van der Waals surface area contributed by atoms with Crippen molar-refractivity contribution in [2.24, 2.45) is 0 Å². The molecule has 4 rings (SSSR count). The number of aliphatic hydroxyl groups excluding tert-OH is 1. The van der Waals surface area contributed by atoms with E-state index >= 15 is 0 Å². The number of rotatable bonds is 5. The number of amides is 2. The van der Waals surface area contributed by atoms with Crippen molar-refractivity contribution in [1.82, 2.24) is 10.2 Å². The van der Waals surface area contributed by atoms with E-state index in [2.05, 4.69) is 5.32 Å². The molecule has 2 aromatic carbocycles. The van der Waals surface area contributed by atoms with Gasteiger partial charge in [0.05, 0.1) is 25.4 Å². The largest absolute Gasteiger partial charge is 0.454 e. The number of morpholine rings is 1. The van der Waals surface area contributed by atoms with Crippen LogP contribution in [0.3, 0.4) is 0 Å². The topological polar surface area (TPSA) is 80.3 Å². The smallest absolute Gasteiger partial charge is 0.318 e. The summed E-state index contributed by atoms with van der Waals surface area (Å²) >= 11 is 0. The van der Waals surface area contributed by atoms with E-state index in [0.717, 1.165) is 16.9 Å². The van der Waals surface area contributed by atoms with Crippen molar-refractivity contribution in [2.75, 3.05) is 26.6 Å². The molecule has 2 aliphatic rings. The van der Waals surface area contributed by atoms with Gasteiger partial charge in [0, 0.05) is 19.5 Å². The van der Waals surface area contributed by atoms with Gasteiger partial charge in [-0.1, -0.05) is 36.4 Å². The number of urea groups is 1. The molecule has 7 nitrogen and oxygen atoms in total. The fourth-order valence-corrected chi connectivity index (χ4v) is 3.52. The van der Waals surface area contributed by atoms with E-state index in [0.29, 0.717) is 38.5 Å². The number of nitrogens with one attached hydrogen (secondary N) is 1. The summed E-state index contributed by atoms with van der Waals surface area (Å²) in [5, 5.41) is 13.5. The van der Waals surface area contributed by atoms with Crippen LogP contribution >= 0.6 is 0 Å². The summed E-state index contributed by atoms with van der Waals surface area (Å²) in [5.74, 6) is 1.42. The van der Waals surface area contributed by atoms with Crippen molar-refractivity contribution < 1.29 is 24.1 Å². The molecule has 2 N–H and O–H groups in total. The summed E-state index contributed by atoms with van der Waals surface area (Å²) in [4.78, 5) is 14.5. The number of carbonyl (C=O) groups is 1. The number of hydrogen-bond acceptors (Lipinski definition) is 5. The predicted molar refractivity (Wildman–Crippen MR) is 102 cm³/mol. The number of fused-ring (bicyclic) bond motifs is 1. The normalized spacial score (nSPS) is 19.3. The summed E-state index contributed by atoms with van der Waals surface area (Å²) in [5.41, 5.74) is 1.78. The Bertz CT molecular complexity index is 814. The van der Waals surface area contributed by atoms with E-state index in [9.17, 15) is 9.90 Å². The zero-order valence-corrected chi connectivity index (χ0v) is 15.5. The van der Waals surface area contributed by atoms with Gasteiger partial charge in [-0.05, 0) is 23.3 Å². The lowest BCUT2D eigenvalue weighted by atomic mass is 10.0. The Hall–Kier alpha value is -2.77. The van der Waals surface area contributed by atoms with Crippen LogP contribution in [-0.2, 0) is 11.3 Å². The molecule has 28 heavy (non-hydrogen) atoms. The van der Waals surface area contributed by atoms with Crippen LogP contribution in [0.5, 0.6) is 11.5 Å². The number of nitrogens with zero attached hydrogens (tertiary/aromatic N) is 1. The third-order valence-electron chi connectivity index (χ3n) is 5.05. The molecule has 0 unspecified atom stereocenters. The van der Waals surface area contributed by atoms with Gasteiger partial charge in [-0.15, -0.1) is 0 Å². The van der Waals surface area contributed by atoms with Crippen LogP contribution in [-0.4, -0.2) is 48.6 Å². The lowest BCUT2D eigenvalue weighted by Gasteiger charge is -2.36. The maximum absolute atomic E-state index is 12.8. The second kappa shape index (κ2) is 8.50. The zero-order valence-electron chi connectivity index (χ0n) is 15.5. The van der Waals surface area contributed by atoms with Gasteiger partial charge in [-0.2, -0.15) is 0 Å². The first-order valence-corrected chi connectivity index (χ1v) is 9.44. The van der Waals surface area contributed by atoms with E-state index in [1.165, 1.54) is 0 Å². The number of hydrogen-bond donors (Lipinski definition) is 2. The average Bonchev–Trinajstić information content (AvgIpc) is 3.21. The molecule has 1 saturated heterocycles. The Labute approximate surface area is 163 Å². The SMILES string of the molecule is O=C(NCc1ccc2c(c1)OCO2)N1CCOC[C@@H]1C[C@H](O)c1ccccc1. The molecule has 0 aromatic heterocycles. The van der Waals surface area contributed by atoms with Gasteiger partial charge in [-0.25, -0.2) is 4.79 Å². The highest BCUT2D eigenvalue weighted by Crippen LogP contribution is 2.32. The fraction of sp³-hybridized carbons (Fsp3) is 0.381. The maximum atomic E-state index is 12.8. The molecule has 7 heteroatoms. The Morgan fingerprint density at radius 1 is 1.18 bits per heavy atom. The molecule has 0 aliphatic carbocycles. The first-order chi connectivity index (χ1) is 13.7. The van der Waals surface area contributed by atoms with E-state index in [-0.39, 0.29) is 18.9 Å². The summed E-state index contributed by atoms with van der Waals surface area (Å²) in [6.07, 6.45) is -0.210. The predicted octanol–water partition coefficient (Wildman–Crippen LogP) is 2.45. The second-order valence-electron chi connectivity index (χ2n) is 6.93. The Balaban J connectivity index is 1.36. The number of ether oxygens (including phenoxy) is 3. The molecule has 0 saturated carbocycles. The molecule has 0 bridgehead atoms. The Morgan fingerprint density at radius 2 is 2.00 bits per heavy atom. The van der Waals surface area contributed by atoms with Gasteiger partial charge < -0.3 is 29.5 Å². The van der Waals surface area contributed by atoms with Crippen molar-refractivity contribution in [3.8, 4) is 11.5 Å². The third kappa shape index (κ3) is 4.21. The fourth-order valence-electron chi connectivity index (χ4n) is 3.52. The Morgan fingerprint density at radius 3 is 2.86 bits per heavy atom. The van der Waals surface area contributed by atoms with Gasteiger partial charge in [0.2, 0.25) is 6.79 Å². The van der Waals surface area contributed by atoms with Crippen molar-refractivity contribution in [1.29, 1.82) is 0 Å². The highest BCUT2D eigenvalue weighted by atomic mass is 16.7. The van der Waals surface area contributed by atoms with Crippen molar-refractivity contribution in [3.05, 3.63) is 59.7 Å². The molecule has 2 aliphatic heterocycles. The van der Waals surface area contributed by atoms with Gasteiger partial charge >= 0.3 is 6.03 Å². The highest BCUT2D eigenvalue weighted by Gasteiger charge is 2.29. The van der Waals surface area contributed by atoms with E-state index in [1.807, 2.05) is 48.5 Å². The minimum absolute atomic E-state index is 0.161. The lowest BCUT2D eigenvalue weighted by molar-refractivity contribution is -0.00698. The molecule has 2 heterocycles. The average molecular weight is 384 g/mol. The standard InChI is InChI=1S/C21H24N2O5/c24-18(16-4-2-1-3-5-16)11-17-13-26-9-8-23(17)21(25)22-12-15-6-7-19-20(10-15)28-14-27-19/h1-7,10,17-18,24H,8-9,11-14H2,(H,22,25)/t17-,18-/m0/s1. The van der Waals surface area contributed by atoms with Gasteiger partial charge in [-0.3, -0.25) is 0 Å². The van der Waals surface area contributed by atoms with E-state index in [4.69, 9.17) is 14.2 Å². The number of benzene rings is 2. The third-order valence-corrected chi connectivity index (χ3v) is 5.05. The Kier molecular flexibility index (Phi) is 5.64. The zero-order chi connectivity index (χ0) is 19.3. The highest BCUT2D eigenvalue weighted by molar-refractivity contribution is 5.74. The van der Waals surface area contributed by atoms with Crippen LogP contribution < -0.4 is 14.8 Å². The van der Waals surface area contributed by atoms with Crippen molar-refractivity contribution in [3.63, 3.8) is 0 Å². The van der Waals surface area contributed by atoms with E-state index in [1.54, 1.807) is 4.90 Å². The molecule has 0 spiro atoms. The molecular weight excluding hydrogens is 360 g/mol. The summed E-state index contributed by atoms with van der Waals surface area (Å²) < 4.78 is 16.2. The lowest BCUT2D eigenvalue weighted by Crippen LogP contribution is -2.52. The molecule has 2 aromatic rings. The quantitative estimate of drug-likeness (QED) is 0.828. The van der Waals surface area contributed by atoms with Crippen molar-refractivity contribution >= 4 is 6.03 Å². The molecule has 1 fully saturated rings. The van der Waals surface area contributed by atoms with Crippen LogP contribution in [0.4, 0.5) is 4.79 Å². The minimum atomic E-state index is -0.642. The van der Waals surface area contributed by atoms with Crippen LogP contribution in [0.15, 0.2) is 48.5 Å². The molecule has 0 radical (unpaired) electrons. The van der Waals surface area contributed by atoms with Crippen LogP contribution in [0.2, 0.25) is 0 Å². The monoisotopic (exact) mass is 384 g/mol.